The largest absolute Gasteiger partial charge is 0.492 e. The molecule has 0 fully saturated rings. The lowest BCUT2D eigenvalue weighted by Gasteiger charge is -2.09. The van der Waals surface area contributed by atoms with Crippen LogP contribution in [0.15, 0.2) is 83.3 Å². The molecule has 3 aromatic carbocycles. The van der Waals surface area contributed by atoms with Gasteiger partial charge in [0, 0.05) is 16.5 Å². The van der Waals surface area contributed by atoms with Crippen molar-refractivity contribution in [2.45, 2.75) is 6.61 Å². The molecule has 8 heteroatoms. The van der Waals surface area contributed by atoms with Crippen LogP contribution in [0, 0.1) is 0 Å². The molecule has 0 aliphatic carbocycles. The van der Waals surface area contributed by atoms with Crippen LogP contribution < -0.4 is 20.3 Å². The summed E-state index contributed by atoms with van der Waals surface area (Å²) in [6.45, 7) is 0.758. The van der Waals surface area contributed by atoms with Crippen LogP contribution in [-0.4, -0.2) is 29.3 Å². The van der Waals surface area contributed by atoms with Gasteiger partial charge >= 0.3 is 0 Å². The molecule has 1 heterocycles. The number of carbonyl (C=O) groups excluding carboxylic acids is 1. The number of furan rings is 1. The summed E-state index contributed by atoms with van der Waals surface area (Å²) in [5, 5.41) is 12.5. The van der Waals surface area contributed by atoms with Gasteiger partial charge in [-0.05, 0) is 42.5 Å². The maximum absolute atomic E-state index is 12.8. The number of rotatable bonds is 9. The van der Waals surface area contributed by atoms with E-state index in [1.54, 1.807) is 24.3 Å². The van der Waals surface area contributed by atoms with Crippen molar-refractivity contribution in [1.29, 1.82) is 0 Å². The van der Waals surface area contributed by atoms with Gasteiger partial charge in [0.2, 0.25) is 0 Å². The van der Waals surface area contributed by atoms with Gasteiger partial charge in [-0.25, -0.2) is 0 Å². The molecule has 4 aromatic rings. The van der Waals surface area contributed by atoms with Crippen molar-refractivity contribution in [1.82, 2.24) is 10.8 Å². The molecule has 0 atom stereocenters. The number of hydrogen-bond acceptors (Lipinski definition) is 6. The van der Waals surface area contributed by atoms with Crippen molar-refractivity contribution in [2.24, 2.45) is 0 Å². The SMILES string of the molecule is O=C(NCCOc1ccc(C(=S)NO)cc1)c1oc2ccccc2c1COc1ccccc1. The fourth-order valence-corrected chi connectivity index (χ4v) is 3.41. The van der Waals surface area contributed by atoms with E-state index in [2.05, 4.69) is 5.32 Å². The Morgan fingerprint density at radius 3 is 2.36 bits per heavy atom. The maximum Gasteiger partial charge on any atom is 0.287 e. The third-order valence-corrected chi connectivity index (χ3v) is 5.23. The summed E-state index contributed by atoms with van der Waals surface area (Å²) >= 11 is 4.96. The minimum Gasteiger partial charge on any atom is -0.492 e. The second kappa shape index (κ2) is 10.6. The van der Waals surface area contributed by atoms with Crippen LogP contribution in [0.3, 0.4) is 0 Å². The van der Waals surface area contributed by atoms with Crippen LogP contribution in [0.2, 0.25) is 0 Å². The molecule has 1 aromatic heterocycles. The average Bonchev–Trinajstić information content (AvgIpc) is 3.24. The van der Waals surface area contributed by atoms with Gasteiger partial charge in [0.15, 0.2) is 5.76 Å². The number of fused-ring (bicyclic) bond motifs is 1. The van der Waals surface area contributed by atoms with E-state index < -0.39 is 0 Å². The highest BCUT2D eigenvalue weighted by molar-refractivity contribution is 7.80. The highest BCUT2D eigenvalue weighted by Crippen LogP contribution is 2.27. The number of hydroxylamine groups is 1. The Morgan fingerprint density at radius 2 is 1.61 bits per heavy atom. The molecule has 0 bridgehead atoms. The van der Waals surface area contributed by atoms with Crippen molar-refractivity contribution in [2.75, 3.05) is 13.2 Å². The third-order valence-electron chi connectivity index (χ3n) is 4.91. The smallest absolute Gasteiger partial charge is 0.287 e. The van der Waals surface area contributed by atoms with E-state index >= 15 is 0 Å². The molecule has 3 N–H and O–H groups in total. The summed E-state index contributed by atoms with van der Waals surface area (Å²) in [5.74, 6) is 1.22. The molecule has 7 nitrogen and oxygen atoms in total. The Hall–Kier alpha value is -3.88. The Labute approximate surface area is 195 Å². The van der Waals surface area contributed by atoms with Gasteiger partial charge in [-0.2, -0.15) is 0 Å². The molecule has 1 amide bonds. The summed E-state index contributed by atoms with van der Waals surface area (Å²) in [6, 6.07) is 23.8. The molecule has 0 saturated heterocycles. The van der Waals surface area contributed by atoms with Crippen LogP contribution in [0.5, 0.6) is 11.5 Å². The predicted octanol–water partition coefficient (Wildman–Crippen LogP) is 4.47. The normalized spacial score (nSPS) is 10.6. The van der Waals surface area contributed by atoms with E-state index in [1.165, 1.54) is 0 Å². The van der Waals surface area contributed by atoms with Crippen LogP contribution in [-0.2, 0) is 6.61 Å². The Bertz CT molecular complexity index is 1240. The molecule has 0 saturated carbocycles. The van der Waals surface area contributed by atoms with Gasteiger partial charge in [0.1, 0.15) is 35.3 Å². The quantitative estimate of drug-likeness (QED) is 0.192. The zero-order chi connectivity index (χ0) is 23.0. The number of nitrogens with one attached hydrogen (secondary N) is 2. The van der Waals surface area contributed by atoms with Gasteiger partial charge in [-0.1, -0.05) is 48.6 Å². The number of thiocarbonyl (C=S) groups is 1. The van der Waals surface area contributed by atoms with Crippen molar-refractivity contribution in [3.05, 3.63) is 95.7 Å². The molecule has 0 aliphatic heterocycles. The van der Waals surface area contributed by atoms with Crippen molar-refractivity contribution in [3.8, 4) is 11.5 Å². The first-order chi connectivity index (χ1) is 16.2. The Kier molecular flexibility index (Phi) is 7.19. The lowest BCUT2D eigenvalue weighted by molar-refractivity contribution is 0.0918. The number of para-hydroxylation sites is 2. The summed E-state index contributed by atoms with van der Waals surface area (Å²) in [7, 11) is 0. The van der Waals surface area contributed by atoms with Crippen molar-refractivity contribution in [3.63, 3.8) is 0 Å². The molecule has 0 radical (unpaired) electrons. The Morgan fingerprint density at radius 1 is 0.909 bits per heavy atom. The van der Waals surface area contributed by atoms with Gasteiger partial charge in [-0.3, -0.25) is 15.5 Å². The fraction of sp³-hybridized carbons (Fsp3) is 0.120. The summed E-state index contributed by atoms with van der Waals surface area (Å²) in [4.78, 5) is 13.1. The van der Waals surface area contributed by atoms with Gasteiger partial charge in [0.25, 0.3) is 5.91 Å². The predicted molar refractivity (Wildman–Crippen MR) is 128 cm³/mol. The van der Waals surface area contributed by atoms with E-state index in [0.717, 1.165) is 5.39 Å². The highest BCUT2D eigenvalue weighted by Gasteiger charge is 2.20. The van der Waals surface area contributed by atoms with E-state index in [4.69, 9.17) is 31.3 Å². The molecule has 0 aliphatic rings. The van der Waals surface area contributed by atoms with E-state index in [-0.39, 0.29) is 36.4 Å². The zero-order valence-corrected chi connectivity index (χ0v) is 18.4. The third kappa shape index (κ3) is 5.49. The number of benzene rings is 3. The second-order valence-electron chi connectivity index (χ2n) is 7.08. The van der Waals surface area contributed by atoms with Gasteiger partial charge in [-0.15, -0.1) is 0 Å². The minimum absolute atomic E-state index is 0.206. The average molecular weight is 463 g/mol. The Balaban J connectivity index is 1.38. The number of amides is 1. The lowest BCUT2D eigenvalue weighted by Crippen LogP contribution is -2.28. The zero-order valence-electron chi connectivity index (χ0n) is 17.6. The van der Waals surface area contributed by atoms with Gasteiger partial charge < -0.3 is 19.2 Å². The molecular weight excluding hydrogens is 440 g/mol. The van der Waals surface area contributed by atoms with Crippen LogP contribution in [0.1, 0.15) is 21.7 Å². The monoisotopic (exact) mass is 462 g/mol. The molecule has 33 heavy (non-hydrogen) atoms. The number of ether oxygens (including phenoxy) is 2. The first-order valence-corrected chi connectivity index (χ1v) is 10.7. The molecule has 168 valence electrons. The van der Waals surface area contributed by atoms with E-state index in [9.17, 15) is 4.79 Å². The molecule has 4 rings (SSSR count). The summed E-state index contributed by atoms with van der Waals surface area (Å²) < 4.78 is 17.4. The minimum atomic E-state index is -0.337. The lowest BCUT2D eigenvalue weighted by atomic mass is 10.1. The van der Waals surface area contributed by atoms with Crippen molar-refractivity contribution < 1.29 is 23.9 Å². The molecule has 0 spiro atoms. The van der Waals surface area contributed by atoms with Crippen LogP contribution >= 0.6 is 12.2 Å². The van der Waals surface area contributed by atoms with E-state index in [1.807, 2.05) is 60.1 Å². The standard InChI is InChI=1S/C25H22N2O5S/c28-24(26-14-15-30-19-12-10-17(11-13-19)25(33)27-29)23-21(16-31-18-6-2-1-3-7-18)20-8-4-5-9-22(20)32-23/h1-13,29H,14-16H2,(H,26,28)(H,27,33). The number of carbonyl (C=O) groups is 1. The van der Waals surface area contributed by atoms with Crippen molar-refractivity contribution >= 4 is 34.1 Å². The van der Waals surface area contributed by atoms with Crippen LogP contribution in [0.25, 0.3) is 11.0 Å². The van der Waals surface area contributed by atoms with Crippen LogP contribution in [0.4, 0.5) is 0 Å². The first kappa shape index (κ1) is 22.3. The van der Waals surface area contributed by atoms with Gasteiger partial charge in [0.05, 0.1) is 6.54 Å². The maximum atomic E-state index is 12.8. The first-order valence-electron chi connectivity index (χ1n) is 10.3. The highest BCUT2D eigenvalue weighted by atomic mass is 32.1. The molecule has 0 unspecified atom stereocenters. The summed E-state index contributed by atoms with van der Waals surface area (Å²) in [6.07, 6.45) is 0. The van der Waals surface area contributed by atoms with E-state index in [0.29, 0.717) is 28.2 Å². The second-order valence-corrected chi connectivity index (χ2v) is 7.49. The molecular formula is C25H22N2O5S. The topological polar surface area (TPSA) is 93.0 Å². The summed E-state index contributed by atoms with van der Waals surface area (Å²) in [5.41, 5.74) is 3.93. The fourth-order valence-electron chi connectivity index (χ4n) is 3.28. The number of hydrogen-bond donors (Lipinski definition) is 3.